The van der Waals surface area contributed by atoms with Gasteiger partial charge >= 0.3 is 0 Å². The Morgan fingerprint density at radius 1 is 1.38 bits per heavy atom. The van der Waals surface area contributed by atoms with Gasteiger partial charge in [0, 0.05) is 25.4 Å². The molecular weight excluding hydrogens is 336 g/mol. The zero-order chi connectivity index (χ0) is 18.8. The van der Waals surface area contributed by atoms with Crippen molar-refractivity contribution in [3.05, 3.63) is 45.9 Å². The van der Waals surface area contributed by atoms with Crippen molar-refractivity contribution >= 4 is 23.2 Å². The van der Waals surface area contributed by atoms with E-state index < -0.39 is 6.04 Å². The van der Waals surface area contributed by atoms with Crippen molar-refractivity contribution in [2.75, 3.05) is 23.9 Å². The van der Waals surface area contributed by atoms with Gasteiger partial charge in [-0.05, 0) is 25.1 Å². The number of nitrogens with zero attached hydrogens (tertiary/aromatic N) is 2. The molecule has 0 spiro atoms. The van der Waals surface area contributed by atoms with Gasteiger partial charge in [-0.1, -0.05) is 6.07 Å². The smallest absolute Gasteiger partial charge is 0.272 e. The fourth-order valence-electron chi connectivity index (χ4n) is 3.34. The Bertz CT molecular complexity index is 899. The number of carbonyl (C=O) groups is 2. The van der Waals surface area contributed by atoms with Crippen LogP contribution >= 0.6 is 0 Å². The fraction of sp³-hybridized carbons (Fsp3) is 0.389. The van der Waals surface area contributed by atoms with Gasteiger partial charge in [0.25, 0.3) is 5.56 Å². The zero-order valence-electron chi connectivity index (χ0n) is 15.0. The molecule has 1 aliphatic heterocycles. The van der Waals surface area contributed by atoms with Gasteiger partial charge in [0.1, 0.15) is 0 Å². The fourth-order valence-corrected chi connectivity index (χ4v) is 3.34. The van der Waals surface area contributed by atoms with Crippen LogP contribution in [-0.4, -0.2) is 35.3 Å². The van der Waals surface area contributed by atoms with Crippen LogP contribution in [0.15, 0.2) is 29.1 Å². The van der Waals surface area contributed by atoms with Crippen molar-refractivity contribution in [3.63, 3.8) is 0 Å². The van der Waals surface area contributed by atoms with E-state index in [1.54, 1.807) is 36.3 Å². The lowest BCUT2D eigenvalue weighted by atomic mass is 9.99. The Balaban J connectivity index is 1.97. The molecule has 2 aromatic rings. The first kappa shape index (κ1) is 17.9. The molecule has 3 rings (SSSR count). The molecule has 0 radical (unpaired) electrons. The molecule has 0 saturated heterocycles. The lowest BCUT2D eigenvalue weighted by Gasteiger charge is -2.32. The third-order valence-corrected chi connectivity index (χ3v) is 4.44. The third-order valence-electron chi connectivity index (χ3n) is 4.44. The monoisotopic (exact) mass is 358 g/mol. The molecule has 0 aliphatic carbocycles. The number of benzene rings is 1. The molecule has 26 heavy (non-hydrogen) atoms. The Hall–Kier alpha value is -2.87. The van der Waals surface area contributed by atoms with E-state index in [9.17, 15) is 14.4 Å². The lowest BCUT2D eigenvalue weighted by molar-refractivity contribution is -0.119. The number of fused-ring (bicyclic) bond motifs is 1. The second kappa shape index (κ2) is 7.17. The van der Waals surface area contributed by atoms with Crippen LogP contribution in [0.1, 0.15) is 31.1 Å². The molecular formula is C18H22N4O4. The number of ether oxygens (including phenoxy) is 1. The Morgan fingerprint density at radius 2 is 2.15 bits per heavy atom. The van der Waals surface area contributed by atoms with Gasteiger partial charge in [-0.15, -0.1) is 0 Å². The van der Waals surface area contributed by atoms with Crippen LogP contribution in [0.5, 0.6) is 0 Å². The molecule has 2 N–H and O–H groups in total. The summed E-state index contributed by atoms with van der Waals surface area (Å²) in [7, 11) is 1.57. The minimum atomic E-state index is -0.411. The van der Waals surface area contributed by atoms with Gasteiger partial charge in [0.15, 0.2) is 0 Å². The molecule has 2 amide bonds. The molecule has 1 aromatic heterocycles. The van der Waals surface area contributed by atoms with Crippen LogP contribution in [0.25, 0.3) is 0 Å². The van der Waals surface area contributed by atoms with Gasteiger partial charge < -0.3 is 15.0 Å². The van der Waals surface area contributed by atoms with E-state index in [2.05, 4.69) is 10.4 Å². The minimum absolute atomic E-state index is 0.106. The van der Waals surface area contributed by atoms with Crippen LogP contribution < -0.4 is 15.8 Å². The van der Waals surface area contributed by atoms with E-state index in [0.717, 1.165) is 0 Å². The van der Waals surface area contributed by atoms with Gasteiger partial charge in [0.2, 0.25) is 11.8 Å². The molecule has 1 aromatic carbocycles. The number of nitrogens with one attached hydrogen (secondary N) is 2. The maximum atomic E-state index is 12.7. The number of anilines is 2. The summed E-state index contributed by atoms with van der Waals surface area (Å²) in [5.74, 6) is -0.292. The molecule has 0 fully saturated rings. The number of rotatable bonds is 5. The van der Waals surface area contributed by atoms with E-state index >= 15 is 0 Å². The van der Waals surface area contributed by atoms with Crippen LogP contribution in [0.3, 0.4) is 0 Å². The second-order valence-electron chi connectivity index (χ2n) is 6.30. The van der Waals surface area contributed by atoms with Crippen molar-refractivity contribution in [1.82, 2.24) is 9.78 Å². The first-order valence-electron chi connectivity index (χ1n) is 8.42. The highest BCUT2D eigenvalue weighted by molar-refractivity contribution is 5.98. The van der Waals surface area contributed by atoms with Crippen molar-refractivity contribution in [2.24, 2.45) is 0 Å². The maximum Gasteiger partial charge on any atom is 0.272 e. The number of methoxy groups -OCH3 is 1. The van der Waals surface area contributed by atoms with E-state index in [1.807, 2.05) is 6.92 Å². The first-order valence-corrected chi connectivity index (χ1v) is 8.42. The minimum Gasteiger partial charge on any atom is -0.383 e. The molecule has 0 bridgehead atoms. The summed E-state index contributed by atoms with van der Waals surface area (Å²) in [6.07, 6.45) is 0.124. The van der Waals surface area contributed by atoms with Crippen LogP contribution in [0.2, 0.25) is 0 Å². The summed E-state index contributed by atoms with van der Waals surface area (Å²) in [4.78, 5) is 38.3. The molecule has 8 nitrogen and oxygen atoms in total. The van der Waals surface area contributed by atoms with Gasteiger partial charge in [-0.2, -0.15) is 0 Å². The number of carbonyl (C=O) groups excluding carboxylic acids is 2. The van der Waals surface area contributed by atoms with Crippen molar-refractivity contribution in [1.29, 1.82) is 0 Å². The van der Waals surface area contributed by atoms with Crippen LogP contribution in [0, 0.1) is 0 Å². The third kappa shape index (κ3) is 3.28. The highest BCUT2D eigenvalue weighted by Crippen LogP contribution is 2.33. The van der Waals surface area contributed by atoms with E-state index in [0.29, 0.717) is 35.8 Å². The largest absolute Gasteiger partial charge is 0.383 e. The quantitative estimate of drug-likeness (QED) is 0.845. The molecule has 2 heterocycles. The van der Waals surface area contributed by atoms with Gasteiger partial charge in [-0.3, -0.25) is 24.2 Å². The highest BCUT2D eigenvalue weighted by atomic mass is 16.5. The van der Waals surface area contributed by atoms with Crippen molar-refractivity contribution in [2.45, 2.75) is 32.9 Å². The molecule has 1 unspecified atom stereocenters. The summed E-state index contributed by atoms with van der Waals surface area (Å²) in [5.41, 5.74) is 2.35. The molecule has 8 heteroatoms. The summed E-state index contributed by atoms with van der Waals surface area (Å²) >= 11 is 0. The maximum absolute atomic E-state index is 12.7. The Morgan fingerprint density at radius 3 is 2.85 bits per heavy atom. The predicted molar refractivity (Wildman–Crippen MR) is 97.3 cm³/mol. The highest BCUT2D eigenvalue weighted by Gasteiger charge is 2.35. The molecule has 1 atom stereocenters. The van der Waals surface area contributed by atoms with E-state index in [1.165, 1.54) is 11.6 Å². The predicted octanol–water partition coefficient (Wildman–Crippen LogP) is 1.43. The van der Waals surface area contributed by atoms with Crippen molar-refractivity contribution < 1.29 is 14.3 Å². The molecule has 0 saturated carbocycles. The topological polar surface area (TPSA) is 96.4 Å². The van der Waals surface area contributed by atoms with E-state index in [4.69, 9.17) is 4.74 Å². The summed E-state index contributed by atoms with van der Waals surface area (Å²) < 4.78 is 6.51. The standard InChI is InChI=1S/C18H22N4O4/c1-11-17-15(20-21(18(17)25)7-8-26-3)10-16(24)22(11)14-6-4-5-13(9-14)19-12(2)23/h4-6,9,11,20H,7-8,10H2,1-3H3,(H,19,23). The number of hydrogen-bond donors (Lipinski definition) is 2. The Kier molecular flexibility index (Phi) is 4.94. The second-order valence-corrected chi connectivity index (χ2v) is 6.30. The number of H-pyrrole nitrogens is 1. The molecule has 1 aliphatic rings. The number of aromatic amines is 1. The first-order chi connectivity index (χ1) is 12.4. The summed E-state index contributed by atoms with van der Waals surface area (Å²) in [6, 6.07) is 6.64. The SMILES string of the molecule is COCCn1[nH]c2c(c1=O)C(C)N(c1cccc(NC(C)=O)c1)C(=O)C2. The van der Waals surface area contributed by atoms with E-state index in [-0.39, 0.29) is 23.8 Å². The number of amides is 2. The normalized spacial score (nSPS) is 16.5. The summed E-state index contributed by atoms with van der Waals surface area (Å²) in [6.45, 7) is 4.07. The van der Waals surface area contributed by atoms with Crippen molar-refractivity contribution in [3.8, 4) is 0 Å². The zero-order valence-corrected chi connectivity index (χ0v) is 15.0. The van der Waals surface area contributed by atoms with Gasteiger partial charge in [0.05, 0.1) is 36.9 Å². The van der Waals surface area contributed by atoms with Crippen LogP contribution in [0.4, 0.5) is 11.4 Å². The lowest BCUT2D eigenvalue weighted by Crippen LogP contribution is -2.41. The average molecular weight is 358 g/mol. The Labute approximate surface area is 150 Å². The average Bonchev–Trinajstić information content (AvgIpc) is 2.88. The summed E-state index contributed by atoms with van der Waals surface area (Å²) in [5, 5.41) is 5.74. The number of aromatic nitrogens is 2. The number of hydrogen-bond acceptors (Lipinski definition) is 4. The van der Waals surface area contributed by atoms with Crippen LogP contribution in [-0.2, 0) is 27.3 Å². The molecule has 138 valence electrons. The van der Waals surface area contributed by atoms with Gasteiger partial charge in [-0.25, -0.2) is 0 Å².